The highest BCUT2D eigenvalue weighted by atomic mass is 35.5. The van der Waals surface area contributed by atoms with E-state index in [-0.39, 0.29) is 22.0 Å². The van der Waals surface area contributed by atoms with Crippen molar-refractivity contribution in [1.29, 1.82) is 0 Å². The Morgan fingerprint density at radius 3 is 2.04 bits per heavy atom. The molecule has 3 nitrogen and oxygen atoms in total. The van der Waals surface area contributed by atoms with E-state index in [0.29, 0.717) is 5.69 Å². The van der Waals surface area contributed by atoms with Crippen molar-refractivity contribution >= 4 is 27.3 Å². The highest BCUT2D eigenvalue weighted by Crippen LogP contribution is 2.29. The Morgan fingerprint density at radius 2 is 1.44 bits per heavy atom. The van der Waals surface area contributed by atoms with Gasteiger partial charge in [0.1, 0.15) is 5.82 Å². The lowest BCUT2D eigenvalue weighted by atomic mass is 10.2. The molecule has 128 valence electrons. The van der Waals surface area contributed by atoms with Gasteiger partial charge in [0.25, 0.3) is 10.0 Å². The minimum absolute atomic E-state index is 0.131. The van der Waals surface area contributed by atoms with Crippen molar-refractivity contribution in [3.8, 4) is 0 Å². The van der Waals surface area contributed by atoms with E-state index in [2.05, 4.69) is 0 Å². The molecule has 0 spiro atoms. The number of halogens is 2. The lowest BCUT2D eigenvalue weighted by molar-refractivity contribution is 0.585. The molecule has 0 aliphatic rings. The van der Waals surface area contributed by atoms with E-state index in [4.69, 9.17) is 11.6 Å². The van der Waals surface area contributed by atoms with Gasteiger partial charge in [-0.2, -0.15) is 0 Å². The first-order valence-electron chi connectivity index (χ1n) is 7.56. The van der Waals surface area contributed by atoms with Crippen LogP contribution in [0.15, 0.2) is 83.8 Å². The fraction of sp³-hybridized carbons (Fsp3) is 0.0526. The van der Waals surface area contributed by atoms with Gasteiger partial charge in [-0.15, -0.1) is 0 Å². The fourth-order valence-corrected chi connectivity index (χ4v) is 4.13. The second kappa shape index (κ2) is 7.25. The molecule has 0 unspecified atom stereocenters. The molecule has 0 aliphatic carbocycles. The summed E-state index contributed by atoms with van der Waals surface area (Å²) in [6.45, 7) is -0.202. The van der Waals surface area contributed by atoms with Crippen LogP contribution in [0, 0.1) is 5.82 Å². The van der Waals surface area contributed by atoms with Crippen molar-refractivity contribution in [1.82, 2.24) is 0 Å². The highest BCUT2D eigenvalue weighted by molar-refractivity contribution is 7.92. The summed E-state index contributed by atoms with van der Waals surface area (Å²) in [5, 5.41) is 0.184. The lowest BCUT2D eigenvalue weighted by Gasteiger charge is -2.25. The predicted molar refractivity (Wildman–Crippen MR) is 97.7 cm³/mol. The van der Waals surface area contributed by atoms with Crippen molar-refractivity contribution in [3.05, 3.63) is 95.3 Å². The molecule has 0 fully saturated rings. The van der Waals surface area contributed by atoms with Crippen molar-refractivity contribution in [3.63, 3.8) is 0 Å². The molecule has 0 aliphatic heterocycles. The zero-order valence-corrected chi connectivity index (χ0v) is 14.7. The molecule has 0 aromatic heterocycles. The maximum Gasteiger partial charge on any atom is 0.264 e. The summed E-state index contributed by atoms with van der Waals surface area (Å²) in [4.78, 5) is 0.131. The second-order valence-electron chi connectivity index (χ2n) is 5.36. The van der Waals surface area contributed by atoms with Gasteiger partial charge in [-0.3, -0.25) is 4.31 Å². The summed E-state index contributed by atoms with van der Waals surface area (Å²) in [7, 11) is -3.88. The zero-order chi connectivity index (χ0) is 17.9. The van der Waals surface area contributed by atoms with Crippen LogP contribution in [-0.2, 0) is 16.6 Å². The lowest BCUT2D eigenvalue weighted by Crippen LogP contribution is -2.31. The van der Waals surface area contributed by atoms with Crippen LogP contribution in [0.25, 0.3) is 0 Å². The van der Waals surface area contributed by atoms with Crippen LogP contribution in [-0.4, -0.2) is 8.42 Å². The summed E-state index contributed by atoms with van der Waals surface area (Å²) < 4.78 is 41.6. The van der Waals surface area contributed by atoms with Gasteiger partial charge in [0.05, 0.1) is 17.1 Å². The molecule has 0 amide bonds. The maximum atomic E-state index is 14.2. The number of anilines is 1. The molecule has 0 saturated carbocycles. The van der Waals surface area contributed by atoms with Gasteiger partial charge >= 0.3 is 0 Å². The maximum absolute atomic E-state index is 14.2. The average molecular weight is 376 g/mol. The number of hydrogen-bond donors (Lipinski definition) is 0. The molecule has 0 radical (unpaired) electrons. The Labute approximate surface area is 151 Å². The van der Waals surface area contributed by atoms with Gasteiger partial charge in [0, 0.05) is 10.6 Å². The summed E-state index contributed by atoms with van der Waals surface area (Å²) in [5.74, 6) is -0.545. The predicted octanol–water partition coefficient (Wildman–Crippen LogP) is 4.87. The third-order valence-corrected chi connectivity index (χ3v) is 5.88. The molecule has 3 aromatic rings. The van der Waals surface area contributed by atoms with E-state index < -0.39 is 15.8 Å². The van der Waals surface area contributed by atoms with E-state index in [1.165, 1.54) is 30.3 Å². The topological polar surface area (TPSA) is 37.4 Å². The first-order chi connectivity index (χ1) is 12.0. The molecule has 6 heteroatoms. The Hall–Kier alpha value is -2.37. The zero-order valence-electron chi connectivity index (χ0n) is 13.1. The molecule has 3 rings (SSSR count). The Balaban J connectivity index is 2.12. The molecule has 0 atom stereocenters. The molecule has 0 saturated heterocycles. The normalized spacial score (nSPS) is 11.3. The number of sulfonamides is 1. The summed E-state index contributed by atoms with van der Waals surface area (Å²) in [5.41, 5.74) is 0.568. The van der Waals surface area contributed by atoms with Gasteiger partial charge in [-0.05, 0) is 36.4 Å². The van der Waals surface area contributed by atoms with Gasteiger partial charge in [0.2, 0.25) is 0 Å². The van der Waals surface area contributed by atoms with Crippen LogP contribution in [0.5, 0.6) is 0 Å². The summed E-state index contributed by atoms with van der Waals surface area (Å²) in [6, 6.07) is 20.9. The number of rotatable bonds is 5. The summed E-state index contributed by atoms with van der Waals surface area (Å²) in [6.07, 6.45) is 0. The molecule has 0 N–H and O–H groups in total. The largest absolute Gasteiger partial charge is 0.264 e. The second-order valence-corrected chi connectivity index (χ2v) is 7.63. The van der Waals surface area contributed by atoms with Crippen molar-refractivity contribution < 1.29 is 12.8 Å². The van der Waals surface area contributed by atoms with Crippen LogP contribution < -0.4 is 4.31 Å². The Bertz CT molecular complexity index is 943. The monoisotopic (exact) mass is 375 g/mol. The van der Waals surface area contributed by atoms with Gasteiger partial charge in [-0.1, -0.05) is 54.1 Å². The van der Waals surface area contributed by atoms with E-state index >= 15 is 0 Å². The van der Waals surface area contributed by atoms with Gasteiger partial charge < -0.3 is 0 Å². The van der Waals surface area contributed by atoms with E-state index in [1.54, 1.807) is 48.5 Å². The minimum atomic E-state index is -3.88. The van der Waals surface area contributed by atoms with Crippen molar-refractivity contribution in [2.24, 2.45) is 0 Å². The molecule has 25 heavy (non-hydrogen) atoms. The van der Waals surface area contributed by atoms with Gasteiger partial charge in [-0.25, -0.2) is 12.8 Å². The third kappa shape index (κ3) is 3.67. The van der Waals surface area contributed by atoms with Crippen LogP contribution in [0.3, 0.4) is 0 Å². The quantitative estimate of drug-likeness (QED) is 0.637. The molecular formula is C19H15ClFNO2S. The number of nitrogens with zero attached hydrogens (tertiary/aromatic N) is 1. The van der Waals surface area contributed by atoms with E-state index in [0.717, 1.165) is 4.31 Å². The van der Waals surface area contributed by atoms with Crippen LogP contribution >= 0.6 is 11.6 Å². The first kappa shape index (κ1) is 17.5. The SMILES string of the molecule is O=S(=O)(c1ccccc1)N(Cc1c(F)cccc1Cl)c1ccccc1. The summed E-state index contributed by atoms with van der Waals surface area (Å²) >= 11 is 6.10. The van der Waals surface area contributed by atoms with Crippen molar-refractivity contribution in [2.45, 2.75) is 11.4 Å². The highest BCUT2D eigenvalue weighted by Gasteiger charge is 2.26. The van der Waals surface area contributed by atoms with Gasteiger partial charge in [0.15, 0.2) is 0 Å². The number of hydrogen-bond acceptors (Lipinski definition) is 2. The fourth-order valence-electron chi connectivity index (χ4n) is 2.46. The van der Waals surface area contributed by atoms with Crippen LogP contribution in [0.4, 0.5) is 10.1 Å². The Morgan fingerprint density at radius 1 is 0.840 bits per heavy atom. The average Bonchev–Trinajstić information content (AvgIpc) is 2.63. The molecule has 0 heterocycles. The third-order valence-electron chi connectivity index (χ3n) is 3.74. The molecular weight excluding hydrogens is 361 g/mol. The van der Waals surface area contributed by atoms with Crippen molar-refractivity contribution in [2.75, 3.05) is 4.31 Å². The molecule has 3 aromatic carbocycles. The molecule has 0 bridgehead atoms. The van der Waals surface area contributed by atoms with Crippen LogP contribution in [0.2, 0.25) is 5.02 Å². The number of benzene rings is 3. The smallest absolute Gasteiger partial charge is 0.262 e. The first-order valence-corrected chi connectivity index (χ1v) is 9.37. The number of para-hydroxylation sites is 1. The van der Waals surface area contributed by atoms with E-state index in [9.17, 15) is 12.8 Å². The Kier molecular flexibility index (Phi) is 5.06. The van der Waals surface area contributed by atoms with E-state index in [1.807, 2.05) is 0 Å². The standard InChI is InChI=1S/C19H15ClFNO2S/c20-18-12-7-13-19(21)17(18)14-22(15-8-3-1-4-9-15)25(23,24)16-10-5-2-6-11-16/h1-13H,14H2. The van der Waals surface area contributed by atoms with Crippen LogP contribution in [0.1, 0.15) is 5.56 Å². The minimum Gasteiger partial charge on any atom is -0.262 e.